The molecule has 28 heavy (non-hydrogen) atoms. The van der Waals surface area contributed by atoms with Gasteiger partial charge in [-0.25, -0.2) is 4.98 Å². The first kappa shape index (κ1) is 20.1. The molecule has 2 aromatic rings. The molecule has 1 saturated heterocycles. The Hall–Kier alpha value is -2.61. The molecule has 0 atom stereocenters. The number of benzene rings is 1. The van der Waals surface area contributed by atoms with E-state index in [1.54, 1.807) is 0 Å². The predicted molar refractivity (Wildman–Crippen MR) is 102 cm³/mol. The first-order valence-corrected chi connectivity index (χ1v) is 9.19. The standard InChI is InChI=1S/C20H23F3N4O/c1-15-5-2-3-6-17(15)25-19(28)14-26-9-4-10-27(12-11-26)18-8-7-16(13-24-18)20(21,22)23/h2-3,5-8,13H,4,9-12,14H2,1H3,(H,25,28). The van der Waals surface area contributed by atoms with E-state index < -0.39 is 11.7 Å². The van der Waals surface area contributed by atoms with Gasteiger partial charge in [-0.05, 0) is 37.1 Å². The Bertz CT molecular complexity index is 808. The summed E-state index contributed by atoms with van der Waals surface area (Å²) in [6.07, 6.45) is -2.71. The number of para-hydroxylation sites is 1. The lowest BCUT2D eigenvalue weighted by Crippen LogP contribution is -2.36. The van der Waals surface area contributed by atoms with Crippen molar-refractivity contribution in [3.63, 3.8) is 0 Å². The van der Waals surface area contributed by atoms with Crippen molar-refractivity contribution in [2.45, 2.75) is 19.5 Å². The number of rotatable bonds is 4. The Labute approximate surface area is 162 Å². The second-order valence-corrected chi connectivity index (χ2v) is 6.88. The van der Waals surface area contributed by atoms with Crippen LogP contribution in [0.2, 0.25) is 0 Å². The maximum Gasteiger partial charge on any atom is 0.417 e. The molecule has 8 heteroatoms. The maximum absolute atomic E-state index is 12.7. The number of nitrogens with zero attached hydrogens (tertiary/aromatic N) is 3. The minimum absolute atomic E-state index is 0.0737. The fourth-order valence-corrected chi connectivity index (χ4v) is 3.20. The zero-order valence-corrected chi connectivity index (χ0v) is 15.7. The minimum Gasteiger partial charge on any atom is -0.355 e. The second-order valence-electron chi connectivity index (χ2n) is 6.88. The largest absolute Gasteiger partial charge is 0.417 e. The third kappa shape index (κ3) is 5.22. The highest BCUT2D eigenvalue weighted by atomic mass is 19.4. The van der Waals surface area contributed by atoms with Gasteiger partial charge in [-0.1, -0.05) is 18.2 Å². The van der Waals surface area contributed by atoms with Gasteiger partial charge in [0.25, 0.3) is 0 Å². The van der Waals surface area contributed by atoms with E-state index >= 15 is 0 Å². The Kier molecular flexibility index (Phi) is 6.18. The molecule has 0 radical (unpaired) electrons. The summed E-state index contributed by atoms with van der Waals surface area (Å²) in [4.78, 5) is 20.3. The third-order valence-electron chi connectivity index (χ3n) is 4.77. The molecule has 1 fully saturated rings. The van der Waals surface area contributed by atoms with Crippen LogP contribution in [0.15, 0.2) is 42.6 Å². The number of aryl methyl sites for hydroxylation is 1. The highest BCUT2D eigenvalue weighted by Gasteiger charge is 2.31. The van der Waals surface area contributed by atoms with Crippen molar-refractivity contribution in [3.8, 4) is 0 Å². The zero-order chi connectivity index (χ0) is 20.1. The quantitative estimate of drug-likeness (QED) is 0.865. The smallest absolute Gasteiger partial charge is 0.355 e. The lowest BCUT2D eigenvalue weighted by atomic mass is 10.2. The van der Waals surface area contributed by atoms with Gasteiger partial charge < -0.3 is 10.2 Å². The fourth-order valence-electron chi connectivity index (χ4n) is 3.20. The summed E-state index contributed by atoms with van der Waals surface area (Å²) >= 11 is 0. The number of anilines is 2. The summed E-state index contributed by atoms with van der Waals surface area (Å²) in [5.74, 6) is 0.453. The van der Waals surface area contributed by atoms with Gasteiger partial charge in [-0.15, -0.1) is 0 Å². The Morgan fingerprint density at radius 1 is 1.11 bits per heavy atom. The number of halogens is 3. The molecule has 1 aromatic heterocycles. The van der Waals surface area contributed by atoms with Gasteiger partial charge in [0.05, 0.1) is 12.1 Å². The molecule has 1 aliphatic rings. The molecular formula is C20H23F3N4O. The van der Waals surface area contributed by atoms with Gasteiger partial charge in [0.1, 0.15) is 5.82 Å². The molecule has 1 amide bonds. The van der Waals surface area contributed by atoms with Crippen molar-refractivity contribution in [2.24, 2.45) is 0 Å². The average Bonchev–Trinajstić information content (AvgIpc) is 2.88. The van der Waals surface area contributed by atoms with Gasteiger partial charge in [0, 0.05) is 38.1 Å². The predicted octanol–water partition coefficient (Wildman–Crippen LogP) is 3.56. The molecule has 1 aliphatic heterocycles. The number of alkyl halides is 3. The summed E-state index contributed by atoms with van der Waals surface area (Å²) in [6.45, 7) is 4.91. The van der Waals surface area contributed by atoms with E-state index in [0.717, 1.165) is 36.5 Å². The van der Waals surface area contributed by atoms with Gasteiger partial charge in [0.2, 0.25) is 5.91 Å². The molecule has 2 heterocycles. The number of aromatic nitrogens is 1. The van der Waals surface area contributed by atoms with Gasteiger partial charge >= 0.3 is 6.18 Å². The molecule has 0 saturated carbocycles. The lowest BCUT2D eigenvalue weighted by molar-refractivity contribution is -0.137. The van der Waals surface area contributed by atoms with E-state index in [1.165, 1.54) is 6.07 Å². The van der Waals surface area contributed by atoms with Gasteiger partial charge in [-0.2, -0.15) is 13.2 Å². The molecule has 0 bridgehead atoms. The van der Waals surface area contributed by atoms with Crippen LogP contribution in [0, 0.1) is 6.92 Å². The Morgan fingerprint density at radius 2 is 1.89 bits per heavy atom. The number of carbonyl (C=O) groups is 1. The Morgan fingerprint density at radius 3 is 2.57 bits per heavy atom. The van der Waals surface area contributed by atoms with Crippen LogP contribution in [0.4, 0.5) is 24.7 Å². The number of hydrogen-bond acceptors (Lipinski definition) is 4. The zero-order valence-electron chi connectivity index (χ0n) is 15.7. The SMILES string of the molecule is Cc1ccccc1NC(=O)CN1CCCN(c2ccc(C(F)(F)F)cn2)CC1. The molecule has 3 rings (SSSR count). The van der Waals surface area contributed by atoms with Crippen LogP contribution in [0.1, 0.15) is 17.5 Å². The molecule has 150 valence electrons. The van der Waals surface area contributed by atoms with Crippen LogP contribution in [0.3, 0.4) is 0 Å². The summed E-state index contributed by atoms with van der Waals surface area (Å²) < 4.78 is 38.0. The van der Waals surface area contributed by atoms with Crippen molar-refractivity contribution in [3.05, 3.63) is 53.7 Å². The van der Waals surface area contributed by atoms with Crippen LogP contribution in [-0.2, 0) is 11.0 Å². The first-order valence-electron chi connectivity index (χ1n) is 9.19. The number of pyridine rings is 1. The number of amides is 1. The number of hydrogen-bond donors (Lipinski definition) is 1. The molecule has 1 N–H and O–H groups in total. The average molecular weight is 392 g/mol. The van der Waals surface area contributed by atoms with E-state index in [-0.39, 0.29) is 12.5 Å². The summed E-state index contributed by atoms with van der Waals surface area (Å²) in [7, 11) is 0. The van der Waals surface area contributed by atoms with Crippen molar-refractivity contribution in [1.29, 1.82) is 0 Å². The van der Waals surface area contributed by atoms with Crippen molar-refractivity contribution >= 4 is 17.4 Å². The maximum atomic E-state index is 12.7. The molecule has 1 aromatic carbocycles. The van der Waals surface area contributed by atoms with E-state index in [4.69, 9.17) is 0 Å². The normalized spacial score (nSPS) is 15.9. The minimum atomic E-state index is -4.38. The van der Waals surface area contributed by atoms with Crippen LogP contribution >= 0.6 is 0 Å². The second kappa shape index (κ2) is 8.60. The Balaban J connectivity index is 1.54. The highest BCUT2D eigenvalue weighted by Crippen LogP contribution is 2.29. The summed E-state index contributed by atoms with van der Waals surface area (Å²) in [6, 6.07) is 10.1. The highest BCUT2D eigenvalue weighted by molar-refractivity contribution is 5.92. The fraction of sp³-hybridized carbons (Fsp3) is 0.400. The van der Waals surface area contributed by atoms with Crippen LogP contribution in [0.5, 0.6) is 0 Å². The van der Waals surface area contributed by atoms with E-state index in [1.807, 2.05) is 36.1 Å². The van der Waals surface area contributed by atoms with Gasteiger partial charge in [0.15, 0.2) is 0 Å². The van der Waals surface area contributed by atoms with E-state index in [9.17, 15) is 18.0 Å². The molecule has 0 spiro atoms. The first-order chi connectivity index (χ1) is 13.3. The molecular weight excluding hydrogens is 369 g/mol. The monoisotopic (exact) mass is 392 g/mol. The van der Waals surface area contributed by atoms with Gasteiger partial charge in [-0.3, -0.25) is 9.69 Å². The summed E-state index contributed by atoms with van der Waals surface area (Å²) in [5.41, 5.74) is 1.06. The van der Waals surface area contributed by atoms with Crippen LogP contribution in [0.25, 0.3) is 0 Å². The summed E-state index contributed by atoms with van der Waals surface area (Å²) in [5, 5.41) is 2.93. The van der Waals surface area contributed by atoms with Crippen LogP contribution in [-0.4, -0.2) is 48.5 Å². The topological polar surface area (TPSA) is 48.5 Å². The van der Waals surface area contributed by atoms with Crippen molar-refractivity contribution in [2.75, 3.05) is 42.9 Å². The molecule has 0 aliphatic carbocycles. The van der Waals surface area contributed by atoms with Crippen molar-refractivity contribution in [1.82, 2.24) is 9.88 Å². The number of nitrogens with one attached hydrogen (secondary N) is 1. The third-order valence-corrected chi connectivity index (χ3v) is 4.77. The lowest BCUT2D eigenvalue weighted by Gasteiger charge is -2.23. The molecule has 0 unspecified atom stereocenters. The van der Waals surface area contributed by atoms with Crippen molar-refractivity contribution < 1.29 is 18.0 Å². The van der Waals surface area contributed by atoms with E-state index in [0.29, 0.717) is 25.5 Å². The molecule has 5 nitrogen and oxygen atoms in total. The van der Waals surface area contributed by atoms with E-state index in [2.05, 4.69) is 15.2 Å². The van der Waals surface area contributed by atoms with Crippen LogP contribution < -0.4 is 10.2 Å². The number of carbonyl (C=O) groups excluding carboxylic acids is 1.